The maximum atomic E-state index is 12.9. The lowest BCUT2D eigenvalue weighted by Crippen LogP contribution is -2.83. The number of hydrazone groups is 1. The highest BCUT2D eigenvalue weighted by molar-refractivity contribution is 6.31. The second-order valence-electron chi connectivity index (χ2n) is 8.95. The van der Waals surface area contributed by atoms with E-state index >= 15 is 0 Å². The van der Waals surface area contributed by atoms with Crippen LogP contribution in [0.4, 0.5) is 5.69 Å². The number of amides is 1. The molecule has 0 saturated heterocycles. The molecule has 0 spiro atoms. The summed E-state index contributed by atoms with van der Waals surface area (Å²) in [6, 6.07) is 10.8. The van der Waals surface area contributed by atoms with Crippen LogP contribution in [0.25, 0.3) is 0 Å². The van der Waals surface area contributed by atoms with E-state index in [4.69, 9.17) is 27.9 Å². The van der Waals surface area contributed by atoms with Gasteiger partial charge < -0.3 is 15.2 Å². The molecule has 1 amide bonds. The lowest BCUT2D eigenvalue weighted by atomic mass is 9.43. The number of fused-ring (bicyclic) bond motifs is 1. The molecule has 2 bridgehead atoms. The van der Waals surface area contributed by atoms with Crippen molar-refractivity contribution in [3.05, 3.63) is 57.6 Å². The Hall–Kier alpha value is -2.28. The van der Waals surface area contributed by atoms with Crippen molar-refractivity contribution < 1.29 is 14.6 Å². The SMILES string of the molecule is C=NN(c1ccc(Cl)cc1C)C12CC(NC(=O)[C@H]3C[C@@H](O)c4cc(Cl)ccc4O3)(C1)C2. The standard InChI is InChI=1S/C23H23Cl2N3O3/c1-13-7-14(24)3-5-17(13)28(26-2)23-10-22(11-23,12-23)27-21(30)20-9-18(29)16-8-15(25)4-6-19(16)31-20/h3-8,18,20,29H,2,9-12H2,1H3,(H,27,30)/t18-,20-,22?,23?/m1/s1. The number of anilines is 1. The van der Waals surface area contributed by atoms with Crippen LogP contribution in [0.3, 0.4) is 0 Å². The van der Waals surface area contributed by atoms with Crippen molar-refractivity contribution in [2.24, 2.45) is 5.10 Å². The molecule has 1 aliphatic heterocycles. The third-order valence-electron chi connectivity index (χ3n) is 6.70. The molecule has 4 aliphatic rings. The Morgan fingerprint density at radius 1 is 1.23 bits per heavy atom. The van der Waals surface area contributed by atoms with Crippen LogP contribution >= 0.6 is 23.2 Å². The van der Waals surface area contributed by atoms with Crippen molar-refractivity contribution in [2.45, 2.75) is 55.9 Å². The van der Waals surface area contributed by atoms with E-state index < -0.39 is 12.2 Å². The monoisotopic (exact) mass is 459 g/mol. The third kappa shape index (κ3) is 3.28. The van der Waals surface area contributed by atoms with Gasteiger partial charge in [-0.25, -0.2) is 0 Å². The highest BCUT2D eigenvalue weighted by atomic mass is 35.5. The molecule has 8 heteroatoms. The highest BCUT2D eigenvalue weighted by Gasteiger charge is 2.72. The lowest BCUT2D eigenvalue weighted by molar-refractivity contribution is -0.145. The summed E-state index contributed by atoms with van der Waals surface area (Å²) in [6.45, 7) is 5.76. The van der Waals surface area contributed by atoms with Gasteiger partial charge in [-0.2, -0.15) is 5.10 Å². The van der Waals surface area contributed by atoms with Gasteiger partial charge in [-0.05, 0) is 68.1 Å². The average molecular weight is 460 g/mol. The van der Waals surface area contributed by atoms with Crippen LogP contribution in [-0.2, 0) is 4.79 Å². The Morgan fingerprint density at radius 3 is 2.58 bits per heavy atom. The molecule has 2 aromatic rings. The summed E-state index contributed by atoms with van der Waals surface area (Å²) >= 11 is 12.1. The first-order valence-corrected chi connectivity index (χ1v) is 11.0. The van der Waals surface area contributed by atoms with E-state index in [2.05, 4.69) is 17.1 Å². The fourth-order valence-electron chi connectivity index (χ4n) is 5.35. The molecule has 1 heterocycles. The Bertz CT molecular complexity index is 1070. The molecule has 31 heavy (non-hydrogen) atoms. The molecular weight excluding hydrogens is 437 g/mol. The minimum absolute atomic E-state index is 0.135. The van der Waals surface area contributed by atoms with Crippen molar-refractivity contribution in [2.75, 3.05) is 5.01 Å². The topological polar surface area (TPSA) is 74.2 Å². The number of aliphatic hydroxyl groups is 1. The zero-order valence-corrected chi connectivity index (χ0v) is 18.6. The maximum absolute atomic E-state index is 12.9. The van der Waals surface area contributed by atoms with E-state index in [-0.39, 0.29) is 23.4 Å². The van der Waals surface area contributed by atoms with Gasteiger partial charge in [0, 0.05) is 34.3 Å². The van der Waals surface area contributed by atoms with Crippen molar-refractivity contribution in [1.29, 1.82) is 0 Å². The van der Waals surface area contributed by atoms with E-state index in [1.54, 1.807) is 18.2 Å². The van der Waals surface area contributed by atoms with Crippen LogP contribution in [-0.4, -0.2) is 34.9 Å². The van der Waals surface area contributed by atoms with Crippen LogP contribution in [0.2, 0.25) is 10.0 Å². The molecule has 2 aromatic carbocycles. The molecule has 2 atom stereocenters. The molecule has 0 radical (unpaired) electrons. The summed E-state index contributed by atoms with van der Waals surface area (Å²) in [6.07, 6.45) is 1.04. The lowest BCUT2D eigenvalue weighted by Gasteiger charge is -2.72. The first-order valence-electron chi connectivity index (χ1n) is 10.2. The van der Waals surface area contributed by atoms with Gasteiger partial charge in [0.25, 0.3) is 5.91 Å². The normalized spacial score (nSPS) is 30.2. The largest absolute Gasteiger partial charge is 0.480 e. The summed E-state index contributed by atoms with van der Waals surface area (Å²) in [5, 5.41) is 21.1. The smallest absolute Gasteiger partial charge is 0.261 e. The molecular formula is C23H23Cl2N3O3. The number of aryl methyl sites for hydroxylation is 1. The molecule has 162 valence electrons. The Morgan fingerprint density at radius 2 is 1.90 bits per heavy atom. The molecule has 2 N–H and O–H groups in total. The van der Waals surface area contributed by atoms with E-state index in [9.17, 15) is 9.90 Å². The number of benzene rings is 2. The second-order valence-corrected chi connectivity index (χ2v) is 9.82. The molecule has 0 unspecified atom stereocenters. The van der Waals surface area contributed by atoms with E-state index in [0.717, 1.165) is 30.5 Å². The van der Waals surface area contributed by atoms with Gasteiger partial charge >= 0.3 is 0 Å². The number of carbonyl (C=O) groups is 1. The van der Waals surface area contributed by atoms with Crippen molar-refractivity contribution in [3.63, 3.8) is 0 Å². The molecule has 0 aromatic heterocycles. The van der Waals surface area contributed by atoms with Gasteiger partial charge in [0.15, 0.2) is 6.10 Å². The fraction of sp³-hybridized carbons (Fsp3) is 0.391. The number of hydrogen-bond acceptors (Lipinski definition) is 5. The average Bonchev–Trinajstić information content (AvgIpc) is 2.67. The van der Waals surface area contributed by atoms with E-state index in [1.807, 2.05) is 30.1 Å². The third-order valence-corrected chi connectivity index (χ3v) is 7.17. The van der Waals surface area contributed by atoms with Crippen LogP contribution in [0.1, 0.15) is 42.9 Å². The number of carbonyl (C=O) groups excluding carboxylic acids is 1. The van der Waals surface area contributed by atoms with Gasteiger partial charge in [-0.3, -0.25) is 9.80 Å². The van der Waals surface area contributed by atoms with Gasteiger partial charge in [0.05, 0.1) is 17.3 Å². The van der Waals surface area contributed by atoms with Gasteiger partial charge in [-0.15, -0.1) is 0 Å². The number of hydrogen-bond donors (Lipinski definition) is 2. The van der Waals surface area contributed by atoms with Gasteiger partial charge in [0.2, 0.25) is 0 Å². The number of nitrogens with zero attached hydrogens (tertiary/aromatic N) is 2. The van der Waals surface area contributed by atoms with E-state index in [1.165, 1.54) is 0 Å². The molecule has 3 fully saturated rings. The highest BCUT2D eigenvalue weighted by Crippen LogP contribution is 2.64. The molecule has 3 aliphatic carbocycles. The molecule has 6 nitrogen and oxygen atoms in total. The number of halogens is 2. The molecule has 3 saturated carbocycles. The van der Waals surface area contributed by atoms with Gasteiger partial charge in [0.1, 0.15) is 5.75 Å². The number of rotatable bonds is 5. The van der Waals surface area contributed by atoms with E-state index in [0.29, 0.717) is 21.4 Å². The van der Waals surface area contributed by atoms with Gasteiger partial charge in [-0.1, -0.05) is 23.2 Å². The second kappa shape index (κ2) is 7.12. The molecule has 6 rings (SSSR count). The van der Waals surface area contributed by atoms with Crippen molar-refractivity contribution in [1.82, 2.24) is 5.32 Å². The summed E-state index contributed by atoms with van der Waals surface area (Å²) in [5.74, 6) is 0.298. The summed E-state index contributed by atoms with van der Waals surface area (Å²) in [4.78, 5) is 12.9. The van der Waals surface area contributed by atoms with Crippen LogP contribution in [0.15, 0.2) is 41.5 Å². The summed E-state index contributed by atoms with van der Waals surface area (Å²) < 4.78 is 5.86. The Kier molecular flexibility index (Phi) is 4.73. The minimum Gasteiger partial charge on any atom is -0.480 e. The zero-order valence-electron chi connectivity index (χ0n) is 17.1. The minimum atomic E-state index is -0.786. The zero-order chi connectivity index (χ0) is 22.0. The predicted molar refractivity (Wildman–Crippen MR) is 121 cm³/mol. The van der Waals surface area contributed by atoms with Crippen LogP contribution < -0.4 is 15.1 Å². The van der Waals surface area contributed by atoms with Crippen LogP contribution in [0.5, 0.6) is 5.75 Å². The predicted octanol–water partition coefficient (Wildman–Crippen LogP) is 4.40. The quantitative estimate of drug-likeness (QED) is 0.513. The first kappa shape index (κ1) is 20.6. The summed E-state index contributed by atoms with van der Waals surface area (Å²) in [5.41, 5.74) is 2.24. The van der Waals surface area contributed by atoms with Crippen molar-refractivity contribution in [3.8, 4) is 5.75 Å². The number of aliphatic hydroxyl groups excluding tert-OH is 1. The summed E-state index contributed by atoms with van der Waals surface area (Å²) in [7, 11) is 0. The maximum Gasteiger partial charge on any atom is 0.261 e. The Labute approximate surface area is 190 Å². The number of nitrogens with one attached hydrogen (secondary N) is 1. The Balaban J connectivity index is 1.25. The van der Waals surface area contributed by atoms with Crippen molar-refractivity contribution >= 4 is 41.5 Å². The number of ether oxygens (including phenoxy) is 1. The fourth-order valence-corrected chi connectivity index (χ4v) is 5.76. The van der Waals surface area contributed by atoms with Crippen LogP contribution in [0, 0.1) is 6.92 Å². The first-order chi connectivity index (χ1) is 14.7.